The highest BCUT2D eigenvalue weighted by atomic mass is 32.2. The van der Waals surface area contributed by atoms with E-state index < -0.39 is 10.0 Å². The van der Waals surface area contributed by atoms with Gasteiger partial charge in [-0.05, 0) is 37.0 Å². The lowest BCUT2D eigenvalue weighted by atomic mass is 10.2. The molecule has 1 N–H and O–H groups in total. The zero-order valence-corrected chi connectivity index (χ0v) is 14.8. The summed E-state index contributed by atoms with van der Waals surface area (Å²) in [5, 5.41) is 3.30. The van der Waals surface area contributed by atoms with Crippen molar-refractivity contribution in [2.75, 3.05) is 45.3 Å². The number of nitrogens with zero attached hydrogens (tertiary/aromatic N) is 1. The minimum Gasteiger partial charge on any atom is -0.495 e. The standard InChI is InChI=1S/C17H24N2O4S/c1-22-16-11-15(18-12-14-5-4-10-23-13-14)6-7-17(16)24(20,21)19-8-2-3-9-19/h5-7,11,18H,2-4,8-10,12-13H2,1H3. The lowest BCUT2D eigenvalue weighted by Crippen LogP contribution is -2.28. The summed E-state index contributed by atoms with van der Waals surface area (Å²) in [7, 11) is -1.98. The first kappa shape index (κ1) is 17.3. The normalized spacial score (nSPS) is 19.1. The Morgan fingerprint density at radius 1 is 1.29 bits per heavy atom. The number of ether oxygens (including phenoxy) is 2. The summed E-state index contributed by atoms with van der Waals surface area (Å²) in [5.74, 6) is 0.376. The van der Waals surface area contributed by atoms with Gasteiger partial charge in [0.2, 0.25) is 10.0 Å². The maximum Gasteiger partial charge on any atom is 0.246 e. The van der Waals surface area contributed by atoms with Gasteiger partial charge in [0.05, 0.1) is 20.3 Å². The van der Waals surface area contributed by atoms with Crippen LogP contribution in [0.2, 0.25) is 0 Å². The second kappa shape index (κ2) is 7.55. The number of hydrogen-bond acceptors (Lipinski definition) is 5. The van der Waals surface area contributed by atoms with E-state index >= 15 is 0 Å². The van der Waals surface area contributed by atoms with Crippen molar-refractivity contribution in [3.05, 3.63) is 29.8 Å². The quantitative estimate of drug-likeness (QED) is 0.795. The number of methoxy groups -OCH3 is 1. The largest absolute Gasteiger partial charge is 0.495 e. The molecule has 3 rings (SSSR count). The third-order valence-corrected chi connectivity index (χ3v) is 6.29. The van der Waals surface area contributed by atoms with Gasteiger partial charge in [0.1, 0.15) is 10.6 Å². The van der Waals surface area contributed by atoms with E-state index in [1.165, 1.54) is 17.0 Å². The number of anilines is 1. The first-order chi connectivity index (χ1) is 11.6. The second-order valence-corrected chi connectivity index (χ2v) is 7.94. The van der Waals surface area contributed by atoms with Crippen LogP contribution in [0.3, 0.4) is 0 Å². The summed E-state index contributed by atoms with van der Waals surface area (Å²) in [5.41, 5.74) is 2.03. The SMILES string of the molecule is COc1cc(NCC2=CCCOC2)ccc1S(=O)(=O)N1CCCC1. The predicted octanol–water partition coefficient (Wildman–Crippen LogP) is 2.24. The molecule has 7 heteroatoms. The van der Waals surface area contributed by atoms with Crippen LogP contribution in [-0.4, -0.2) is 52.7 Å². The fourth-order valence-corrected chi connectivity index (χ4v) is 4.66. The van der Waals surface area contributed by atoms with Gasteiger partial charge in [0.25, 0.3) is 0 Å². The molecule has 0 amide bonds. The molecule has 132 valence electrons. The third-order valence-electron chi connectivity index (χ3n) is 4.35. The number of nitrogens with one attached hydrogen (secondary N) is 1. The highest BCUT2D eigenvalue weighted by molar-refractivity contribution is 7.89. The Bertz CT molecular complexity index is 709. The Morgan fingerprint density at radius 2 is 2.08 bits per heavy atom. The van der Waals surface area contributed by atoms with Gasteiger partial charge >= 0.3 is 0 Å². The summed E-state index contributed by atoms with van der Waals surface area (Å²) in [6, 6.07) is 5.16. The van der Waals surface area contributed by atoms with Crippen LogP contribution in [0.5, 0.6) is 5.75 Å². The van der Waals surface area contributed by atoms with Crippen molar-refractivity contribution in [3.8, 4) is 5.75 Å². The Labute approximate surface area is 143 Å². The maximum absolute atomic E-state index is 12.7. The van der Waals surface area contributed by atoms with Crippen LogP contribution in [0.1, 0.15) is 19.3 Å². The monoisotopic (exact) mass is 352 g/mol. The molecule has 0 atom stereocenters. The lowest BCUT2D eigenvalue weighted by Gasteiger charge is -2.19. The van der Waals surface area contributed by atoms with Crippen LogP contribution in [-0.2, 0) is 14.8 Å². The molecule has 24 heavy (non-hydrogen) atoms. The average molecular weight is 352 g/mol. The van der Waals surface area contributed by atoms with Crippen molar-refractivity contribution < 1.29 is 17.9 Å². The zero-order valence-electron chi connectivity index (χ0n) is 14.0. The van der Waals surface area contributed by atoms with E-state index in [1.54, 1.807) is 18.2 Å². The fraction of sp³-hybridized carbons (Fsp3) is 0.529. The Morgan fingerprint density at radius 3 is 2.75 bits per heavy atom. The molecule has 0 aliphatic carbocycles. The fourth-order valence-electron chi connectivity index (χ4n) is 3.01. The van der Waals surface area contributed by atoms with Crippen LogP contribution in [0.4, 0.5) is 5.69 Å². The number of benzene rings is 1. The molecule has 0 unspecified atom stereocenters. The van der Waals surface area contributed by atoms with Gasteiger partial charge in [-0.2, -0.15) is 4.31 Å². The highest BCUT2D eigenvalue weighted by Crippen LogP contribution is 2.31. The van der Waals surface area contributed by atoms with Crippen LogP contribution in [0, 0.1) is 0 Å². The molecule has 1 aromatic rings. The second-order valence-electron chi connectivity index (χ2n) is 6.03. The van der Waals surface area contributed by atoms with Crippen molar-refractivity contribution in [2.45, 2.75) is 24.2 Å². The summed E-state index contributed by atoms with van der Waals surface area (Å²) < 4.78 is 37.7. The first-order valence-corrected chi connectivity index (χ1v) is 9.73. The molecule has 0 saturated carbocycles. The van der Waals surface area contributed by atoms with Crippen LogP contribution >= 0.6 is 0 Å². The molecule has 1 aromatic carbocycles. The molecule has 2 aliphatic heterocycles. The average Bonchev–Trinajstić information content (AvgIpc) is 3.16. The first-order valence-electron chi connectivity index (χ1n) is 8.29. The molecule has 2 aliphatic rings. The van der Waals surface area contributed by atoms with E-state index in [2.05, 4.69) is 11.4 Å². The summed E-state index contributed by atoms with van der Waals surface area (Å²) in [6.07, 6.45) is 4.95. The number of hydrogen-bond donors (Lipinski definition) is 1. The molecule has 0 radical (unpaired) electrons. The van der Waals surface area contributed by atoms with Crippen LogP contribution in [0.25, 0.3) is 0 Å². The molecular weight excluding hydrogens is 328 g/mol. The van der Waals surface area contributed by atoms with Gasteiger partial charge in [-0.25, -0.2) is 8.42 Å². The van der Waals surface area contributed by atoms with Gasteiger partial charge in [-0.15, -0.1) is 0 Å². The Balaban J connectivity index is 1.76. The molecule has 2 heterocycles. The van der Waals surface area contributed by atoms with E-state index in [0.717, 1.165) is 31.6 Å². The number of sulfonamides is 1. The molecule has 0 aromatic heterocycles. The minimum absolute atomic E-state index is 0.234. The third kappa shape index (κ3) is 3.74. The topological polar surface area (TPSA) is 67.9 Å². The smallest absolute Gasteiger partial charge is 0.246 e. The summed E-state index contributed by atoms with van der Waals surface area (Å²) in [4.78, 5) is 0.234. The lowest BCUT2D eigenvalue weighted by molar-refractivity contribution is 0.150. The van der Waals surface area contributed by atoms with Crippen molar-refractivity contribution in [3.63, 3.8) is 0 Å². The van der Waals surface area contributed by atoms with Crippen molar-refractivity contribution in [1.29, 1.82) is 0 Å². The van der Waals surface area contributed by atoms with E-state index in [0.29, 0.717) is 32.0 Å². The Kier molecular flexibility index (Phi) is 5.43. The van der Waals surface area contributed by atoms with Crippen molar-refractivity contribution in [2.24, 2.45) is 0 Å². The Hall–Kier alpha value is -1.57. The number of rotatable bonds is 6. The molecule has 0 spiro atoms. The van der Waals surface area contributed by atoms with E-state index in [9.17, 15) is 8.42 Å². The van der Waals surface area contributed by atoms with Crippen LogP contribution in [0.15, 0.2) is 34.7 Å². The predicted molar refractivity (Wildman–Crippen MR) is 93.0 cm³/mol. The molecule has 6 nitrogen and oxygen atoms in total. The minimum atomic E-state index is -3.48. The van der Waals surface area contributed by atoms with Gasteiger partial charge < -0.3 is 14.8 Å². The van der Waals surface area contributed by atoms with Crippen LogP contribution < -0.4 is 10.1 Å². The highest BCUT2D eigenvalue weighted by Gasteiger charge is 2.29. The van der Waals surface area contributed by atoms with Gasteiger partial charge in [-0.1, -0.05) is 6.08 Å². The van der Waals surface area contributed by atoms with E-state index in [-0.39, 0.29) is 4.90 Å². The van der Waals surface area contributed by atoms with Crippen molar-refractivity contribution >= 4 is 15.7 Å². The van der Waals surface area contributed by atoms with Gasteiger partial charge in [0.15, 0.2) is 0 Å². The van der Waals surface area contributed by atoms with Gasteiger partial charge in [0, 0.05) is 31.4 Å². The maximum atomic E-state index is 12.7. The molecule has 1 fully saturated rings. The summed E-state index contributed by atoms with van der Waals surface area (Å²) in [6.45, 7) is 3.27. The van der Waals surface area contributed by atoms with Crippen molar-refractivity contribution in [1.82, 2.24) is 4.31 Å². The van der Waals surface area contributed by atoms with E-state index in [4.69, 9.17) is 9.47 Å². The summed E-state index contributed by atoms with van der Waals surface area (Å²) >= 11 is 0. The van der Waals surface area contributed by atoms with Gasteiger partial charge in [-0.3, -0.25) is 0 Å². The molecular formula is C17H24N2O4S. The molecule has 1 saturated heterocycles. The molecule has 0 bridgehead atoms. The zero-order chi connectivity index (χ0) is 17.0. The van der Waals surface area contributed by atoms with E-state index in [1.807, 2.05) is 0 Å².